The number of hydrogen-bond donors (Lipinski definition) is 1. The summed E-state index contributed by atoms with van der Waals surface area (Å²) in [5, 5.41) is 12.3. The zero-order valence-corrected chi connectivity index (χ0v) is 19.6. The minimum atomic E-state index is -0.865. The van der Waals surface area contributed by atoms with Crippen molar-refractivity contribution in [2.24, 2.45) is 0 Å². The molecule has 2 aromatic heterocycles. The van der Waals surface area contributed by atoms with Crippen LogP contribution in [0.25, 0.3) is 21.5 Å². The molecule has 7 heteroatoms. The standard InChI is InChI=1S/C24H22BrNO4S/c1-14(21(25)24(27)28)17-8-9-20(18-11-13-31-22(17)18)29-12-10-19-15(2)30-23(26-19)16-6-4-3-5-7-16/h3-9,11,13-14,21H,10,12H2,1-2H3,(H,27,28). The lowest BCUT2D eigenvalue weighted by Crippen LogP contribution is -2.19. The van der Waals surface area contributed by atoms with Crippen LogP contribution in [-0.2, 0) is 11.2 Å². The second-order valence-corrected chi connectivity index (χ2v) is 9.23. The Morgan fingerprint density at radius 2 is 2.00 bits per heavy atom. The van der Waals surface area contributed by atoms with E-state index in [1.54, 1.807) is 11.3 Å². The van der Waals surface area contributed by atoms with Crippen LogP contribution in [0.4, 0.5) is 0 Å². The normalized spacial score (nSPS) is 13.3. The molecule has 0 aliphatic rings. The molecule has 2 unspecified atom stereocenters. The minimum Gasteiger partial charge on any atom is -0.493 e. The van der Waals surface area contributed by atoms with Crippen molar-refractivity contribution >= 4 is 43.3 Å². The van der Waals surface area contributed by atoms with Gasteiger partial charge in [0.05, 0.1) is 12.3 Å². The summed E-state index contributed by atoms with van der Waals surface area (Å²) in [5.41, 5.74) is 2.84. The summed E-state index contributed by atoms with van der Waals surface area (Å²) in [5.74, 6) is 1.18. The van der Waals surface area contributed by atoms with Crippen LogP contribution < -0.4 is 4.74 Å². The van der Waals surface area contributed by atoms with E-state index in [0.717, 1.165) is 38.4 Å². The summed E-state index contributed by atoms with van der Waals surface area (Å²) >= 11 is 4.89. The van der Waals surface area contributed by atoms with Gasteiger partial charge in [-0.15, -0.1) is 11.3 Å². The molecular weight excluding hydrogens is 478 g/mol. The van der Waals surface area contributed by atoms with Crippen molar-refractivity contribution in [2.45, 2.75) is 31.0 Å². The third-order valence-corrected chi connectivity index (χ3v) is 7.43. The zero-order valence-electron chi connectivity index (χ0n) is 17.2. The number of nitrogens with zero attached hydrogens (tertiary/aromatic N) is 1. The highest BCUT2D eigenvalue weighted by Gasteiger charge is 2.25. The summed E-state index contributed by atoms with van der Waals surface area (Å²) in [6.45, 7) is 4.30. The van der Waals surface area contributed by atoms with Gasteiger partial charge in [-0.3, -0.25) is 4.79 Å². The third-order valence-electron chi connectivity index (χ3n) is 5.28. The van der Waals surface area contributed by atoms with Gasteiger partial charge in [-0.25, -0.2) is 4.98 Å². The van der Waals surface area contributed by atoms with Gasteiger partial charge in [0, 0.05) is 28.0 Å². The molecule has 0 aliphatic carbocycles. The van der Waals surface area contributed by atoms with Crippen LogP contribution in [-0.4, -0.2) is 27.5 Å². The van der Waals surface area contributed by atoms with Crippen LogP contribution in [0.2, 0.25) is 0 Å². The number of alkyl halides is 1. The largest absolute Gasteiger partial charge is 0.493 e. The van der Waals surface area contributed by atoms with Crippen LogP contribution in [0.15, 0.2) is 58.3 Å². The van der Waals surface area contributed by atoms with E-state index in [4.69, 9.17) is 9.15 Å². The van der Waals surface area contributed by atoms with Crippen LogP contribution in [0.3, 0.4) is 0 Å². The van der Waals surface area contributed by atoms with Gasteiger partial charge in [0.15, 0.2) is 0 Å². The summed E-state index contributed by atoms with van der Waals surface area (Å²) in [6.07, 6.45) is 0.633. The second-order valence-electron chi connectivity index (χ2n) is 7.33. The highest BCUT2D eigenvalue weighted by Crippen LogP contribution is 2.38. The first-order chi connectivity index (χ1) is 15.0. The first-order valence-electron chi connectivity index (χ1n) is 9.97. The Morgan fingerprint density at radius 1 is 1.23 bits per heavy atom. The molecule has 0 saturated heterocycles. The van der Waals surface area contributed by atoms with Gasteiger partial charge < -0.3 is 14.3 Å². The quantitative estimate of drug-likeness (QED) is 0.282. The summed E-state index contributed by atoms with van der Waals surface area (Å²) in [7, 11) is 0. The van der Waals surface area contributed by atoms with Crippen LogP contribution in [0.5, 0.6) is 5.75 Å². The van der Waals surface area contributed by atoms with Gasteiger partial charge in [0.2, 0.25) is 5.89 Å². The average Bonchev–Trinajstić information content (AvgIpc) is 3.41. The maximum Gasteiger partial charge on any atom is 0.317 e. The van der Waals surface area contributed by atoms with Crippen LogP contribution >= 0.6 is 27.3 Å². The lowest BCUT2D eigenvalue weighted by atomic mass is 9.96. The van der Waals surface area contributed by atoms with Gasteiger partial charge >= 0.3 is 5.97 Å². The number of aliphatic carboxylic acids is 1. The summed E-state index contributed by atoms with van der Waals surface area (Å²) in [4.78, 5) is 15.4. The van der Waals surface area contributed by atoms with Crippen LogP contribution in [0.1, 0.15) is 29.9 Å². The number of fused-ring (bicyclic) bond motifs is 1. The summed E-state index contributed by atoms with van der Waals surface area (Å²) < 4.78 is 13.0. The number of carboxylic acid groups (broad SMARTS) is 1. The smallest absolute Gasteiger partial charge is 0.317 e. The first kappa shape index (κ1) is 21.6. The highest BCUT2D eigenvalue weighted by molar-refractivity contribution is 9.10. The number of benzene rings is 2. The Hall–Kier alpha value is -2.64. The Bertz CT molecular complexity index is 1200. The Labute approximate surface area is 192 Å². The fraction of sp³-hybridized carbons (Fsp3) is 0.250. The molecule has 2 aromatic carbocycles. The third kappa shape index (κ3) is 4.52. The van der Waals surface area contributed by atoms with Gasteiger partial charge in [0.1, 0.15) is 16.3 Å². The first-order valence-corrected chi connectivity index (χ1v) is 11.8. The molecule has 160 valence electrons. The lowest BCUT2D eigenvalue weighted by molar-refractivity contribution is -0.136. The van der Waals surface area contributed by atoms with Gasteiger partial charge in [-0.05, 0) is 42.1 Å². The molecule has 0 amide bonds. The molecule has 0 radical (unpaired) electrons. The number of carbonyl (C=O) groups is 1. The van der Waals surface area contributed by atoms with Crippen LogP contribution in [0, 0.1) is 6.92 Å². The fourth-order valence-electron chi connectivity index (χ4n) is 3.54. The Balaban J connectivity index is 1.48. The van der Waals surface area contributed by atoms with E-state index in [0.29, 0.717) is 18.9 Å². The van der Waals surface area contributed by atoms with Crippen molar-refractivity contribution in [1.82, 2.24) is 4.98 Å². The number of aryl methyl sites for hydroxylation is 1. The number of ether oxygens (including phenoxy) is 1. The van der Waals surface area contributed by atoms with Crippen molar-refractivity contribution < 1.29 is 19.1 Å². The SMILES string of the molecule is Cc1oc(-c2ccccc2)nc1CCOc1ccc(C(C)C(Br)C(=O)O)c2sccc12. The minimum absolute atomic E-state index is 0.165. The number of thiophene rings is 1. The van der Waals surface area contributed by atoms with Gasteiger partial charge in [-0.1, -0.05) is 47.1 Å². The van der Waals surface area contributed by atoms with Gasteiger partial charge in [-0.2, -0.15) is 0 Å². The monoisotopic (exact) mass is 499 g/mol. The fourth-order valence-corrected chi connectivity index (χ4v) is 4.85. The number of halogens is 1. The number of oxazole rings is 1. The molecule has 2 heterocycles. The Morgan fingerprint density at radius 3 is 2.74 bits per heavy atom. The van der Waals surface area contributed by atoms with Crippen molar-refractivity contribution in [3.63, 3.8) is 0 Å². The van der Waals surface area contributed by atoms with E-state index in [-0.39, 0.29) is 5.92 Å². The molecule has 0 saturated carbocycles. The molecule has 31 heavy (non-hydrogen) atoms. The van der Waals surface area contributed by atoms with Gasteiger partial charge in [0.25, 0.3) is 0 Å². The lowest BCUT2D eigenvalue weighted by Gasteiger charge is -2.17. The zero-order chi connectivity index (χ0) is 22.0. The molecule has 0 fully saturated rings. The van der Waals surface area contributed by atoms with E-state index < -0.39 is 10.8 Å². The molecule has 4 rings (SSSR count). The number of aromatic nitrogens is 1. The van der Waals surface area contributed by atoms with Crippen molar-refractivity contribution in [1.29, 1.82) is 0 Å². The van der Waals surface area contributed by atoms with E-state index in [1.165, 1.54) is 0 Å². The van der Waals surface area contributed by atoms with E-state index in [9.17, 15) is 9.90 Å². The molecule has 0 bridgehead atoms. The number of rotatable bonds is 8. The van der Waals surface area contributed by atoms with Crippen molar-refractivity contribution in [3.05, 3.63) is 70.9 Å². The number of hydrogen-bond acceptors (Lipinski definition) is 5. The van der Waals surface area contributed by atoms with E-state index in [2.05, 4.69) is 20.9 Å². The maximum atomic E-state index is 11.4. The molecule has 0 spiro atoms. The molecule has 4 aromatic rings. The van der Waals surface area contributed by atoms with Crippen molar-refractivity contribution in [3.8, 4) is 17.2 Å². The molecular formula is C24H22BrNO4S. The van der Waals surface area contributed by atoms with E-state index >= 15 is 0 Å². The predicted octanol–water partition coefficient (Wildman–Crippen LogP) is 6.44. The molecule has 1 N–H and O–H groups in total. The molecule has 0 aliphatic heterocycles. The van der Waals surface area contributed by atoms with E-state index in [1.807, 2.05) is 67.8 Å². The average molecular weight is 500 g/mol. The topological polar surface area (TPSA) is 72.6 Å². The maximum absolute atomic E-state index is 11.4. The molecule has 2 atom stereocenters. The second kappa shape index (κ2) is 9.24. The highest BCUT2D eigenvalue weighted by atomic mass is 79.9. The van der Waals surface area contributed by atoms with Crippen molar-refractivity contribution in [2.75, 3.05) is 6.61 Å². The number of carboxylic acids is 1. The predicted molar refractivity (Wildman–Crippen MR) is 126 cm³/mol. The Kier molecular flexibility index (Phi) is 6.43. The molecule has 5 nitrogen and oxygen atoms in total. The summed E-state index contributed by atoms with van der Waals surface area (Å²) in [6, 6.07) is 15.7.